The molecule has 0 fully saturated rings. The minimum absolute atomic E-state index is 0.0394. The van der Waals surface area contributed by atoms with Crippen molar-refractivity contribution in [2.75, 3.05) is 0 Å². The van der Waals surface area contributed by atoms with Crippen molar-refractivity contribution in [3.8, 4) is 11.6 Å². The van der Waals surface area contributed by atoms with E-state index < -0.39 is 41.2 Å². The Morgan fingerprint density at radius 3 is 2.25 bits per heavy atom. The van der Waals surface area contributed by atoms with Gasteiger partial charge in [-0.2, -0.15) is 18.3 Å². The van der Waals surface area contributed by atoms with Crippen LogP contribution in [-0.2, 0) is 13.2 Å². The number of aromatic carboxylic acids is 1. The van der Waals surface area contributed by atoms with Gasteiger partial charge in [-0.25, -0.2) is 9.48 Å². The van der Waals surface area contributed by atoms with E-state index in [0.717, 1.165) is 4.68 Å². The van der Waals surface area contributed by atoms with Crippen LogP contribution in [0.25, 0.3) is 0 Å². The van der Waals surface area contributed by atoms with Crippen LogP contribution in [0.4, 0.5) is 13.2 Å². The maximum absolute atomic E-state index is 13.6. The summed E-state index contributed by atoms with van der Waals surface area (Å²) in [6.45, 7) is 1.55. The van der Waals surface area contributed by atoms with Gasteiger partial charge in [-0.15, -0.1) is 0 Å². The molecule has 1 amide bonds. The zero-order valence-electron chi connectivity index (χ0n) is 16.8. The number of carbonyl (C=O) groups is 2. The molecule has 2 N–H and O–H groups in total. The molecule has 0 saturated carbocycles. The average Bonchev–Trinajstić information content (AvgIpc) is 3.06. The third kappa shape index (κ3) is 5.02. The number of nitrogens with zero attached hydrogens (tertiary/aromatic N) is 2. The molecule has 0 aliphatic rings. The number of halogens is 4. The number of carboxylic acid groups (broad SMARTS) is 1. The van der Waals surface area contributed by atoms with Crippen LogP contribution in [0.3, 0.4) is 0 Å². The molecule has 168 valence electrons. The van der Waals surface area contributed by atoms with Gasteiger partial charge in [-0.1, -0.05) is 23.7 Å². The van der Waals surface area contributed by atoms with Crippen LogP contribution in [-0.4, -0.2) is 26.8 Å². The molecule has 0 spiro atoms. The first-order chi connectivity index (χ1) is 15.0. The first-order valence-electron chi connectivity index (χ1n) is 9.19. The molecule has 7 nitrogen and oxygen atoms in total. The van der Waals surface area contributed by atoms with Gasteiger partial charge in [0.25, 0.3) is 5.91 Å². The molecule has 32 heavy (non-hydrogen) atoms. The fourth-order valence-electron chi connectivity index (χ4n) is 2.91. The number of hydrogen-bond donors (Lipinski definition) is 2. The van der Waals surface area contributed by atoms with Crippen LogP contribution in [0.2, 0.25) is 5.02 Å². The van der Waals surface area contributed by atoms with E-state index in [-0.39, 0.29) is 11.3 Å². The normalized spacial score (nSPS) is 12.3. The summed E-state index contributed by atoms with van der Waals surface area (Å²) in [5.74, 6) is -2.41. The Kier molecular flexibility index (Phi) is 6.45. The van der Waals surface area contributed by atoms with Crippen LogP contribution in [0.5, 0.6) is 11.6 Å². The van der Waals surface area contributed by atoms with Crippen molar-refractivity contribution in [2.24, 2.45) is 7.05 Å². The molecule has 11 heteroatoms. The van der Waals surface area contributed by atoms with Crippen LogP contribution in [0, 0.1) is 0 Å². The monoisotopic (exact) mass is 467 g/mol. The minimum atomic E-state index is -4.90. The first kappa shape index (κ1) is 23.1. The highest BCUT2D eigenvalue weighted by atomic mass is 35.5. The number of aromatic nitrogens is 2. The summed E-state index contributed by atoms with van der Waals surface area (Å²) >= 11 is 5.82. The smallest absolute Gasteiger partial charge is 0.436 e. The van der Waals surface area contributed by atoms with E-state index in [1.807, 2.05) is 0 Å². The number of carboxylic acids is 1. The molecule has 3 rings (SSSR count). The fourth-order valence-corrected chi connectivity index (χ4v) is 3.04. The van der Waals surface area contributed by atoms with Crippen LogP contribution >= 0.6 is 11.6 Å². The molecule has 2 aromatic carbocycles. The number of ether oxygens (including phenoxy) is 1. The molecule has 0 saturated heterocycles. The highest BCUT2D eigenvalue weighted by molar-refractivity contribution is 6.30. The predicted octanol–water partition coefficient (Wildman–Crippen LogP) is 5.07. The lowest BCUT2D eigenvalue weighted by atomic mass is 10.1. The second kappa shape index (κ2) is 8.91. The Bertz CT molecular complexity index is 1140. The quantitative estimate of drug-likeness (QED) is 0.527. The average molecular weight is 468 g/mol. The summed E-state index contributed by atoms with van der Waals surface area (Å²) in [4.78, 5) is 23.9. The van der Waals surface area contributed by atoms with E-state index in [2.05, 4.69) is 10.4 Å². The molecule has 0 radical (unpaired) electrons. The van der Waals surface area contributed by atoms with Crippen molar-refractivity contribution in [3.63, 3.8) is 0 Å². The number of carbonyl (C=O) groups excluding carboxylic acids is 1. The van der Waals surface area contributed by atoms with Gasteiger partial charge < -0.3 is 15.2 Å². The molecule has 3 aromatic rings. The van der Waals surface area contributed by atoms with Gasteiger partial charge in [-0.05, 0) is 48.9 Å². The van der Waals surface area contributed by atoms with E-state index >= 15 is 0 Å². The number of alkyl halides is 3. The zero-order chi connectivity index (χ0) is 23.6. The highest BCUT2D eigenvalue weighted by Crippen LogP contribution is 2.37. The van der Waals surface area contributed by atoms with Crippen LogP contribution in [0.15, 0.2) is 48.5 Å². The van der Waals surface area contributed by atoms with E-state index in [9.17, 15) is 22.8 Å². The Balaban J connectivity index is 1.94. The largest absolute Gasteiger partial charge is 0.478 e. The summed E-state index contributed by atoms with van der Waals surface area (Å²) in [5, 5.41) is 15.3. The molecule has 1 aromatic heterocycles. The number of benzene rings is 2. The molecule has 0 aliphatic heterocycles. The summed E-state index contributed by atoms with van der Waals surface area (Å²) in [6.07, 6.45) is -4.90. The lowest BCUT2D eigenvalue weighted by Crippen LogP contribution is -2.28. The summed E-state index contributed by atoms with van der Waals surface area (Å²) in [5.41, 5.74) is -1.63. The standard InChI is InChI=1S/C21H17ClF3N3O4/c1-11(12-3-5-13(6-4-12)20(30)31)26-18(29)16-17(21(23,24)25)27-28(2)19(16)32-15-9-7-14(22)8-10-15/h3-11H,1-2H3,(H,26,29)(H,30,31)/t11-/m0/s1. The molecular weight excluding hydrogens is 451 g/mol. The second-order valence-electron chi connectivity index (χ2n) is 6.83. The van der Waals surface area contributed by atoms with Crippen LogP contribution < -0.4 is 10.1 Å². The lowest BCUT2D eigenvalue weighted by Gasteiger charge is -2.16. The molecule has 1 atom stereocenters. The Hall–Kier alpha value is -3.53. The third-order valence-electron chi connectivity index (χ3n) is 4.52. The van der Waals surface area contributed by atoms with Gasteiger partial charge in [-0.3, -0.25) is 4.79 Å². The first-order valence-corrected chi connectivity index (χ1v) is 9.57. The number of amides is 1. The predicted molar refractivity (Wildman–Crippen MR) is 109 cm³/mol. The topological polar surface area (TPSA) is 93.5 Å². The maximum atomic E-state index is 13.6. The summed E-state index contributed by atoms with van der Waals surface area (Å²) in [7, 11) is 1.23. The van der Waals surface area contributed by atoms with Crippen molar-refractivity contribution >= 4 is 23.5 Å². The van der Waals surface area contributed by atoms with Gasteiger partial charge in [0, 0.05) is 12.1 Å². The highest BCUT2D eigenvalue weighted by Gasteiger charge is 2.42. The minimum Gasteiger partial charge on any atom is -0.478 e. The second-order valence-corrected chi connectivity index (χ2v) is 7.26. The van der Waals surface area contributed by atoms with E-state index in [4.69, 9.17) is 21.4 Å². The van der Waals surface area contributed by atoms with Gasteiger partial charge in [0.1, 0.15) is 11.3 Å². The van der Waals surface area contributed by atoms with Crippen molar-refractivity contribution in [1.29, 1.82) is 0 Å². The fraction of sp³-hybridized carbons (Fsp3) is 0.190. The van der Waals surface area contributed by atoms with E-state index in [0.29, 0.717) is 10.6 Å². The van der Waals surface area contributed by atoms with Crippen molar-refractivity contribution < 1.29 is 32.6 Å². The number of hydrogen-bond acceptors (Lipinski definition) is 4. The van der Waals surface area contributed by atoms with Gasteiger partial charge in [0.2, 0.25) is 5.88 Å². The van der Waals surface area contributed by atoms with Crippen LogP contribution in [0.1, 0.15) is 44.9 Å². The molecular formula is C21H17ClF3N3O4. The number of rotatable bonds is 6. The molecule has 0 unspecified atom stereocenters. The van der Waals surface area contributed by atoms with Crippen molar-refractivity contribution in [3.05, 3.63) is 75.9 Å². The Labute approximate surface area is 185 Å². The number of nitrogens with one attached hydrogen (secondary N) is 1. The maximum Gasteiger partial charge on any atom is 0.436 e. The third-order valence-corrected chi connectivity index (χ3v) is 4.78. The van der Waals surface area contributed by atoms with Crippen molar-refractivity contribution in [1.82, 2.24) is 15.1 Å². The lowest BCUT2D eigenvalue weighted by molar-refractivity contribution is -0.141. The van der Waals surface area contributed by atoms with Gasteiger partial charge >= 0.3 is 12.1 Å². The number of aryl methyl sites for hydroxylation is 1. The molecule has 0 aliphatic carbocycles. The Morgan fingerprint density at radius 2 is 1.72 bits per heavy atom. The molecule has 1 heterocycles. The van der Waals surface area contributed by atoms with Crippen molar-refractivity contribution in [2.45, 2.75) is 19.1 Å². The van der Waals surface area contributed by atoms with Gasteiger partial charge in [0.05, 0.1) is 11.6 Å². The SMILES string of the molecule is C[C@H](NC(=O)c1c(C(F)(F)F)nn(C)c1Oc1ccc(Cl)cc1)c1ccc(C(=O)O)cc1. The Morgan fingerprint density at radius 1 is 1.12 bits per heavy atom. The molecule has 0 bridgehead atoms. The summed E-state index contributed by atoms with van der Waals surface area (Å²) < 4.78 is 47.1. The zero-order valence-corrected chi connectivity index (χ0v) is 17.5. The van der Waals surface area contributed by atoms with Gasteiger partial charge in [0.15, 0.2) is 5.69 Å². The summed E-state index contributed by atoms with van der Waals surface area (Å²) in [6, 6.07) is 10.7. The van der Waals surface area contributed by atoms with E-state index in [1.165, 1.54) is 55.6 Å². The van der Waals surface area contributed by atoms with E-state index in [1.54, 1.807) is 6.92 Å².